The molecular formula is C13H28N2O. The molecule has 1 heterocycles. The number of nitrogens with one attached hydrogen (secondary N) is 1. The number of hydrogen-bond donors (Lipinski definition) is 1. The van der Waals surface area contributed by atoms with Crippen molar-refractivity contribution in [3.05, 3.63) is 0 Å². The smallest absolute Gasteiger partial charge is 0.0593 e. The second-order valence-corrected chi connectivity index (χ2v) is 4.94. The van der Waals surface area contributed by atoms with Crippen LogP contribution in [0.1, 0.15) is 32.6 Å². The second-order valence-electron chi connectivity index (χ2n) is 4.94. The number of rotatable bonds is 8. The maximum absolute atomic E-state index is 5.58. The van der Waals surface area contributed by atoms with E-state index in [1.54, 1.807) is 0 Å². The van der Waals surface area contributed by atoms with Gasteiger partial charge in [-0.1, -0.05) is 13.3 Å². The number of piperidine rings is 1. The largest absolute Gasteiger partial charge is 0.380 e. The summed E-state index contributed by atoms with van der Waals surface area (Å²) < 4.78 is 5.58. The lowest BCUT2D eigenvalue weighted by Gasteiger charge is -2.27. The number of nitrogens with zero attached hydrogens (tertiary/aromatic N) is 1. The zero-order valence-corrected chi connectivity index (χ0v) is 11.0. The topological polar surface area (TPSA) is 24.5 Å². The average Bonchev–Trinajstić information content (AvgIpc) is 2.30. The molecule has 0 aliphatic carbocycles. The summed E-state index contributed by atoms with van der Waals surface area (Å²) in [6, 6.07) is 0. The van der Waals surface area contributed by atoms with Crippen molar-refractivity contribution in [1.82, 2.24) is 10.2 Å². The van der Waals surface area contributed by atoms with E-state index in [0.717, 1.165) is 25.7 Å². The summed E-state index contributed by atoms with van der Waals surface area (Å²) in [7, 11) is 2.21. The van der Waals surface area contributed by atoms with Crippen LogP contribution in [0.4, 0.5) is 0 Å². The number of unbranched alkanes of at least 4 members (excludes halogenated alkanes) is 1. The molecule has 1 aliphatic rings. The molecule has 1 saturated heterocycles. The molecular weight excluding hydrogens is 200 g/mol. The van der Waals surface area contributed by atoms with Gasteiger partial charge in [-0.15, -0.1) is 0 Å². The van der Waals surface area contributed by atoms with Crippen molar-refractivity contribution in [1.29, 1.82) is 0 Å². The Bertz CT molecular complexity index is 158. The van der Waals surface area contributed by atoms with Crippen molar-refractivity contribution >= 4 is 0 Å². The van der Waals surface area contributed by atoms with E-state index in [4.69, 9.17) is 4.74 Å². The third kappa shape index (κ3) is 6.46. The zero-order valence-electron chi connectivity index (χ0n) is 11.0. The highest BCUT2D eigenvalue weighted by atomic mass is 16.5. The summed E-state index contributed by atoms with van der Waals surface area (Å²) in [6.45, 7) is 8.70. The molecule has 1 aliphatic heterocycles. The van der Waals surface area contributed by atoms with Gasteiger partial charge in [-0.25, -0.2) is 0 Å². The van der Waals surface area contributed by atoms with Crippen LogP contribution in [0.25, 0.3) is 0 Å². The van der Waals surface area contributed by atoms with E-state index in [1.165, 1.54) is 45.3 Å². The monoisotopic (exact) mass is 228 g/mol. The van der Waals surface area contributed by atoms with Crippen LogP contribution in [0.3, 0.4) is 0 Å². The van der Waals surface area contributed by atoms with Crippen LogP contribution >= 0.6 is 0 Å². The minimum Gasteiger partial charge on any atom is -0.380 e. The second kappa shape index (κ2) is 8.97. The Morgan fingerprint density at radius 1 is 1.38 bits per heavy atom. The molecule has 1 atom stereocenters. The molecule has 16 heavy (non-hydrogen) atoms. The van der Waals surface area contributed by atoms with Crippen LogP contribution in [-0.2, 0) is 4.74 Å². The molecule has 1 N–H and O–H groups in total. The van der Waals surface area contributed by atoms with Gasteiger partial charge in [-0.3, -0.25) is 0 Å². The first-order chi connectivity index (χ1) is 7.83. The highest BCUT2D eigenvalue weighted by molar-refractivity contribution is 4.71. The van der Waals surface area contributed by atoms with Crippen molar-refractivity contribution in [3.8, 4) is 0 Å². The molecule has 1 unspecified atom stereocenters. The normalized spacial score (nSPS) is 21.6. The molecule has 96 valence electrons. The molecule has 1 rings (SSSR count). The van der Waals surface area contributed by atoms with E-state index < -0.39 is 0 Å². The Labute approximate surface area is 101 Å². The van der Waals surface area contributed by atoms with Gasteiger partial charge >= 0.3 is 0 Å². The van der Waals surface area contributed by atoms with Gasteiger partial charge in [0.15, 0.2) is 0 Å². The van der Waals surface area contributed by atoms with Gasteiger partial charge < -0.3 is 15.0 Å². The number of hydrogen-bond acceptors (Lipinski definition) is 3. The quantitative estimate of drug-likeness (QED) is 0.640. The van der Waals surface area contributed by atoms with Crippen molar-refractivity contribution < 1.29 is 4.74 Å². The minimum atomic E-state index is 0.842. The van der Waals surface area contributed by atoms with Crippen LogP contribution in [0, 0.1) is 5.92 Å². The highest BCUT2D eigenvalue weighted by Crippen LogP contribution is 2.10. The predicted molar refractivity (Wildman–Crippen MR) is 68.8 cm³/mol. The SMILES string of the molecule is CCCCOCCN(C)CC1CCCNC1. The van der Waals surface area contributed by atoms with Crippen LogP contribution in [0.2, 0.25) is 0 Å². The first kappa shape index (κ1) is 13.9. The number of likely N-dealkylation sites (N-methyl/N-ethyl adjacent to an activating group) is 1. The van der Waals surface area contributed by atoms with E-state index in [1.807, 2.05) is 0 Å². The lowest BCUT2D eigenvalue weighted by atomic mass is 9.99. The predicted octanol–water partition coefficient (Wildman–Crippen LogP) is 1.73. The van der Waals surface area contributed by atoms with Crippen molar-refractivity contribution in [2.75, 3.05) is 46.4 Å². The Kier molecular flexibility index (Phi) is 7.81. The van der Waals surface area contributed by atoms with Gasteiger partial charge in [0, 0.05) is 19.7 Å². The molecule has 0 aromatic rings. The maximum Gasteiger partial charge on any atom is 0.0593 e. The van der Waals surface area contributed by atoms with Gasteiger partial charge in [0.2, 0.25) is 0 Å². The molecule has 0 spiro atoms. The van der Waals surface area contributed by atoms with E-state index in [0.29, 0.717) is 0 Å². The van der Waals surface area contributed by atoms with Crippen molar-refractivity contribution in [2.24, 2.45) is 5.92 Å². The fourth-order valence-electron chi connectivity index (χ4n) is 2.18. The van der Waals surface area contributed by atoms with Gasteiger partial charge in [-0.05, 0) is 45.3 Å². The van der Waals surface area contributed by atoms with Crippen molar-refractivity contribution in [3.63, 3.8) is 0 Å². The van der Waals surface area contributed by atoms with Crippen LogP contribution < -0.4 is 5.32 Å². The third-order valence-electron chi connectivity index (χ3n) is 3.23. The summed E-state index contributed by atoms with van der Waals surface area (Å²) in [5.41, 5.74) is 0. The van der Waals surface area contributed by atoms with Crippen molar-refractivity contribution in [2.45, 2.75) is 32.6 Å². The molecule has 0 bridgehead atoms. The minimum absolute atomic E-state index is 0.842. The Hall–Kier alpha value is -0.120. The summed E-state index contributed by atoms with van der Waals surface area (Å²) in [4.78, 5) is 2.41. The fraction of sp³-hybridized carbons (Fsp3) is 1.00. The van der Waals surface area contributed by atoms with Gasteiger partial charge in [-0.2, -0.15) is 0 Å². The van der Waals surface area contributed by atoms with E-state index in [2.05, 4.69) is 24.2 Å². The van der Waals surface area contributed by atoms with Crippen LogP contribution in [0.5, 0.6) is 0 Å². The summed E-state index contributed by atoms with van der Waals surface area (Å²) in [5, 5.41) is 3.47. The van der Waals surface area contributed by atoms with Crippen LogP contribution in [-0.4, -0.2) is 51.3 Å². The lowest BCUT2D eigenvalue weighted by Crippen LogP contribution is -2.37. The molecule has 0 aromatic heterocycles. The van der Waals surface area contributed by atoms with Gasteiger partial charge in [0.05, 0.1) is 6.61 Å². The Balaban J connectivity index is 1.95. The number of ether oxygens (including phenoxy) is 1. The average molecular weight is 228 g/mol. The maximum atomic E-state index is 5.58. The van der Waals surface area contributed by atoms with Crippen LogP contribution in [0.15, 0.2) is 0 Å². The zero-order chi connectivity index (χ0) is 11.6. The molecule has 0 saturated carbocycles. The van der Waals surface area contributed by atoms with Gasteiger partial charge in [0.1, 0.15) is 0 Å². The first-order valence-corrected chi connectivity index (χ1v) is 6.80. The molecule has 3 heteroatoms. The van der Waals surface area contributed by atoms with E-state index in [9.17, 15) is 0 Å². The molecule has 0 amide bonds. The first-order valence-electron chi connectivity index (χ1n) is 6.80. The van der Waals surface area contributed by atoms with Gasteiger partial charge in [0.25, 0.3) is 0 Å². The summed E-state index contributed by atoms with van der Waals surface area (Å²) >= 11 is 0. The van der Waals surface area contributed by atoms with E-state index in [-0.39, 0.29) is 0 Å². The van der Waals surface area contributed by atoms with E-state index >= 15 is 0 Å². The molecule has 1 fully saturated rings. The Morgan fingerprint density at radius 3 is 2.94 bits per heavy atom. The molecule has 0 radical (unpaired) electrons. The Morgan fingerprint density at radius 2 is 2.25 bits per heavy atom. The molecule has 3 nitrogen and oxygen atoms in total. The fourth-order valence-corrected chi connectivity index (χ4v) is 2.18. The highest BCUT2D eigenvalue weighted by Gasteiger charge is 2.14. The molecule has 0 aromatic carbocycles. The summed E-state index contributed by atoms with van der Waals surface area (Å²) in [6.07, 6.45) is 5.14. The standard InChI is InChI=1S/C13H28N2O/c1-3-4-9-16-10-8-15(2)12-13-6-5-7-14-11-13/h13-14H,3-12H2,1-2H3. The third-order valence-corrected chi connectivity index (χ3v) is 3.23. The summed E-state index contributed by atoms with van der Waals surface area (Å²) in [5.74, 6) is 0.842. The lowest BCUT2D eigenvalue weighted by molar-refractivity contribution is 0.103.